The van der Waals surface area contributed by atoms with E-state index in [0.29, 0.717) is 0 Å². The minimum atomic E-state index is 0.929. The maximum atomic E-state index is 3.52. The van der Waals surface area contributed by atoms with Crippen molar-refractivity contribution in [3.63, 3.8) is 0 Å². The molecule has 0 atom stereocenters. The van der Waals surface area contributed by atoms with E-state index in [1.165, 1.54) is 48.4 Å². The van der Waals surface area contributed by atoms with Crippen molar-refractivity contribution in [2.24, 2.45) is 0 Å². The molecule has 15 heavy (non-hydrogen) atoms. The highest BCUT2D eigenvalue weighted by molar-refractivity contribution is 6.59. The van der Waals surface area contributed by atoms with Gasteiger partial charge >= 0.3 is 0 Å². The molecule has 1 nitrogen and oxygen atoms in total. The molecule has 0 unspecified atom stereocenters. The van der Waals surface area contributed by atoms with Crippen molar-refractivity contribution in [2.75, 3.05) is 0 Å². The van der Waals surface area contributed by atoms with Crippen LogP contribution in [0.15, 0.2) is 30.3 Å². The average molecular weight is 197 g/mol. The van der Waals surface area contributed by atoms with Gasteiger partial charge in [-0.15, -0.1) is 0 Å². The third kappa shape index (κ3) is 1.81. The molecule has 1 aromatic heterocycles. The fourth-order valence-electron chi connectivity index (χ4n) is 2.77. The van der Waals surface area contributed by atoms with Crippen LogP contribution >= 0.6 is 0 Å². The topological polar surface area (TPSA) is 15.8 Å². The van der Waals surface area contributed by atoms with E-state index in [2.05, 4.69) is 35.3 Å². The molecule has 1 aliphatic heterocycles. The van der Waals surface area contributed by atoms with Gasteiger partial charge in [-0.25, -0.2) is 0 Å². The molecule has 2 aromatic rings. The average Bonchev–Trinajstić information content (AvgIpc) is 2.86. The van der Waals surface area contributed by atoms with Gasteiger partial charge in [0, 0.05) is 11.2 Å². The predicted molar refractivity (Wildman–Crippen MR) is 66.6 cm³/mol. The van der Waals surface area contributed by atoms with E-state index < -0.39 is 0 Å². The number of hydrogen-bond donors (Lipinski definition) is 1. The first-order valence-electron chi connectivity index (χ1n) is 5.98. The lowest BCUT2D eigenvalue weighted by Gasteiger charge is -2.01. The Hall–Kier alpha value is -1.18. The number of H-pyrrole nitrogens is 1. The number of benzene rings is 1. The van der Waals surface area contributed by atoms with Crippen LogP contribution in [0.3, 0.4) is 0 Å². The van der Waals surface area contributed by atoms with Crippen molar-refractivity contribution in [3.05, 3.63) is 36.0 Å². The van der Waals surface area contributed by atoms with Crippen molar-refractivity contribution < 1.29 is 0 Å². The summed E-state index contributed by atoms with van der Waals surface area (Å²) in [5.74, 6) is 0. The molecule has 2 heteroatoms. The molecule has 0 bridgehead atoms. The lowest BCUT2D eigenvalue weighted by atomic mass is 9.45. The maximum absolute atomic E-state index is 3.52. The zero-order valence-electron chi connectivity index (χ0n) is 9.00. The monoisotopic (exact) mass is 197 g/mol. The molecule has 0 spiro atoms. The quantitative estimate of drug-likeness (QED) is 0.708. The molecule has 0 radical (unpaired) electrons. The van der Waals surface area contributed by atoms with Gasteiger partial charge in [0.05, 0.1) is 0 Å². The van der Waals surface area contributed by atoms with Crippen molar-refractivity contribution in [3.8, 4) is 0 Å². The standard InChI is InChI=1S/C13H16BN/c1-2-6-13-11(5-1)9-12(15-13)10-14-7-3-4-8-14/h1-2,5-6,9,15H,3-4,7-8,10H2. The number of aromatic amines is 1. The summed E-state index contributed by atoms with van der Waals surface area (Å²) in [5, 5.41) is 1.35. The van der Waals surface area contributed by atoms with Gasteiger partial charge in [-0.3, -0.25) is 0 Å². The summed E-state index contributed by atoms with van der Waals surface area (Å²) < 4.78 is 0. The Morgan fingerprint density at radius 3 is 2.73 bits per heavy atom. The fraction of sp³-hybridized carbons (Fsp3) is 0.385. The summed E-state index contributed by atoms with van der Waals surface area (Å²) >= 11 is 0. The van der Waals surface area contributed by atoms with Gasteiger partial charge in [0.1, 0.15) is 6.71 Å². The normalized spacial score (nSPS) is 16.4. The minimum Gasteiger partial charge on any atom is -0.359 e. The van der Waals surface area contributed by atoms with Crippen LogP contribution in [0.1, 0.15) is 18.5 Å². The summed E-state index contributed by atoms with van der Waals surface area (Å²) in [5.41, 5.74) is 2.70. The second-order valence-corrected chi connectivity index (χ2v) is 4.74. The molecule has 0 aliphatic carbocycles. The van der Waals surface area contributed by atoms with Gasteiger partial charge in [-0.1, -0.05) is 43.7 Å². The van der Waals surface area contributed by atoms with Gasteiger partial charge in [0.25, 0.3) is 0 Å². The molecule has 76 valence electrons. The summed E-state index contributed by atoms with van der Waals surface area (Å²) in [4.78, 5) is 3.52. The first-order chi connectivity index (χ1) is 7.42. The number of nitrogens with one attached hydrogen (secondary N) is 1. The number of para-hydroxylation sites is 1. The number of aromatic nitrogens is 1. The summed E-state index contributed by atoms with van der Waals surface area (Å²) in [6.07, 6.45) is 6.97. The van der Waals surface area contributed by atoms with E-state index >= 15 is 0 Å². The fourth-order valence-corrected chi connectivity index (χ4v) is 2.77. The lowest BCUT2D eigenvalue weighted by Crippen LogP contribution is -2.10. The summed E-state index contributed by atoms with van der Waals surface area (Å²) in [7, 11) is 0. The first-order valence-corrected chi connectivity index (χ1v) is 5.98. The number of hydrogen-bond acceptors (Lipinski definition) is 0. The molecule has 1 N–H and O–H groups in total. The zero-order chi connectivity index (χ0) is 10.1. The van der Waals surface area contributed by atoms with Crippen LogP contribution in [-0.4, -0.2) is 11.7 Å². The third-order valence-corrected chi connectivity index (χ3v) is 3.57. The van der Waals surface area contributed by atoms with Crippen molar-refractivity contribution >= 4 is 17.6 Å². The molecule has 1 fully saturated rings. The Labute approximate surface area is 91.0 Å². The van der Waals surface area contributed by atoms with E-state index in [4.69, 9.17) is 0 Å². The Balaban J connectivity index is 1.84. The lowest BCUT2D eigenvalue weighted by molar-refractivity contribution is 0.935. The highest BCUT2D eigenvalue weighted by Crippen LogP contribution is 2.23. The Morgan fingerprint density at radius 2 is 1.93 bits per heavy atom. The van der Waals surface area contributed by atoms with Crippen LogP contribution < -0.4 is 0 Å². The molecule has 0 amide bonds. The second-order valence-electron chi connectivity index (χ2n) is 4.74. The van der Waals surface area contributed by atoms with Gasteiger partial charge in [0.15, 0.2) is 0 Å². The van der Waals surface area contributed by atoms with Gasteiger partial charge in [0.2, 0.25) is 0 Å². The summed E-state index contributed by atoms with van der Waals surface area (Å²) in [6.45, 7) is 0.929. The maximum Gasteiger partial charge on any atom is 0.146 e. The first kappa shape index (κ1) is 9.08. The molecular formula is C13H16BN. The van der Waals surface area contributed by atoms with Crippen molar-refractivity contribution in [2.45, 2.75) is 31.8 Å². The molecule has 1 saturated heterocycles. The van der Waals surface area contributed by atoms with Gasteiger partial charge < -0.3 is 4.98 Å². The molecular weight excluding hydrogens is 181 g/mol. The Bertz CT molecular complexity index is 421. The number of fused-ring (bicyclic) bond motifs is 1. The largest absolute Gasteiger partial charge is 0.359 e. The zero-order valence-corrected chi connectivity index (χ0v) is 9.00. The highest BCUT2D eigenvalue weighted by atomic mass is 14.7. The molecule has 0 saturated carbocycles. The van der Waals surface area contributed by atoms with Crippen molar-refractivity contribution in [1.82, 2.24) is 4.98 Å². The Morgan fingerprint density at radius 1 is 1.13 bits per heavy atom. The molecule has 1 aliphatic rings. The third-order valence-electron chi connectivity index (χ3n) is 3.57. The van der Waals surface area contributed by atoms with Crippen LogP contribution in [0.2, 0.25) is 12.6 Å². The summed E-state index contributed by atoms with van der Waals surface area (Å²) in [6, 6.07) is 10.9. The smallest absolute Gasteiger partial charge is 0.146 e. The number of rotatable bonds is 2. The highest BCUT2D eigenvalue weighted by Gasteiger charge is 2.19. The predicted octanol–water partition coefficient (Wildman–Crippen LogP) is 3.54. The van der Waals surface area contributed by atoms with Gasteiger partial charge in [-0.2, -0.15) is 0 Å². The van der Waals surface area contributed by atoms with Crippen molar-refractivity contribution in [1.29, 1.82) is 0 Å². The van der Waals surface area contributed by atoms with Gasteiger partial charge in [-0.05, 0) is 23.8 Å². The second kappa shape index (κ2) is 3.76. The minimum absolute atomic E-state index is 0.929. The van der Waals surface area contributed by atoms with E-state index in [1.807, 2.05) is 0 Å². The van der Waals surface area contributed by atoms with E-state index in [-0.39, 0.29) is 0 Å². The van der Waals surface area contributed by atoms with Crippen LogP contribution in [0, 0.1) is 0 Å². The van der Waals surface area contributed by atoms with E-state index in [9.17, 15) is 0 Å². The molecule has 1 aromatic carbocycles. The van der Waals surface area contributed by atoms with Crippen LogP contribution in [0.4, 0.5) is 0 Å². The van der Waals surface area contributed by atoms with Crippen LogP contribution in [0.25, 0.3) is 10.9 Å². The Kier molecular flexibility index (Phi) is 2.28. The SMILES string of the molecule is c1ccc2[nH]c(CB3CCCC3)cc2c1. The van der Waals surface area contributed by atoms with Crippen LogP contribution in [-0.2, 0) is 6.32 Å². The van der Waals surface area contributed by atoms with E-state index in [0.717, 1.165) is 6.71 Å². The molecule has 3 rings (SSSR count). The van der Waals surface area contributed by atoms with Crippen LogP contribution in [0.5, 0.6) is 0 Å². The molecule has 2 heterocycles. The van der Waals surface area contributed by atoms with E-state index in [1.54, 1.807) is 0 Å².